The van der Waals surface area contributed by atoms with E-state index in [1.54, 1.807) is 18.2 Å². The van der Waals surface area contributed by atoms with Gasteiger partial charge >= 0.3 is 0 Å². The molecule has 0 radical (unpaired) electrons. The molecule has 0 unspecified atom stereocenters. The van der Waals surface area contributed by atoms with Gasteiger partial charge in [0.15, 0.2) is 0 Å². The van der Waals surface area contributed by atoms with Gasteiger partial charge in [0.2, 0.25) is 0 Å². The second kappa shape index (κ2) is 7.22. The molecular weight excluding hydrogens is 264 g/mol. The Morgan fingerprint density at radius 1 is 1.19 bits per heavy atom. The molecule has 2 aromatic carbocycles. The Morgan fingerprint density at radius 3 is 2.62 bits per heavy atom. The second-order valence-electron chi connectivity index (χ2n) is 4.74. The van der Waals surface area contributed by atoms with Gasteiger partial charge in [0.25, 0.3) is 5.91 Å². The van der Waals surface area contributed by atoms with Gasteiger partial charge in [0.1, 0.15) is 0 Å². The second-order valence-corrected chi connectivity index (χ2v) is 4.74. The van der Waals surface area contributed by atoms with E-state index in [1.165, 1.54) is 6.07 Å². The minimum atomic E-state index is -0.356. The van der Waals surface area contributed by atoms with Crippen LogP contribution in [0.25, 0.3) is 0 Å². The number of aliphatic hydroxyl groups is 1. The van der Waals surface area contributed by atoms with Gasteiger partial charge in [0.05, 0.1) is 24.3 Å². The number of hydrogen-bond acceptors (Lipinski definition) is 3. The van der Waals surface area contributed by atoms with E-state index >= 15 is 0 Å². The number of nitriles is 1. The number of amides is 1. The highest BCUT2D eigenvalue weighted by atomic mass is 16.3. The van der Waals surface area contributed by atoms with Gasteiger partial charge in [0, 0.05) is 5.56 Å². The maximum atomic E-state index is 12.1. The van der Waals surface area contributed by atoms with Gasteiger partial charge in [-0.3, -0.25) is 4.79 Å². The molecule has 106 valence electrons. The first-order valence-corrected chi connectivity index (χ1v) is 6.68. The van der Waals surface area contributed by atoms with Crippen LogP contribution in [-0.2, 0) is 6.42 Å². The Morgan fingerprint density at radius 2 is 1.95 bits per heavy atom. The molecule has 1 amide bonds. The molecule has 0 aliphatic rings. The third-order valence-corrected chi connectivity index (χ3v) is 3.13. The van der Waals surface area contributed by atoms with Crippen molar-refractivity contribution in [2.45, 2.75) is 12.5 Å². The van der Waals surface area contributed by atoms with Crippen molar-refractivity contribution in [1.29, 1.82) is 5.26 Å². The maximum Gasteiger partial charge on any atom is 0.251 e. The summed E-state index contributed by atoms with van der Waals surface area (Å²) < 4.78 is 0. The smallest absolute Gasteiger partial charge is 0.251 e. The van der Waals surface area contributed by atoms with Crippen LogP contribution in [0.15, 0.2) is 54.6 Å². The van der Waals surface area contributed by atoms with Crippen molar-refractivity contribution >= 4 is 5.91 Å². The molecular formula is C17H16N2O2. The third-order valence-electron chi connectivity index (χ3n) is 3.13. The molecule has 0 aromatic heterocycles. The minimum Gasteiger partial charge on any atom is -0.394 e. The zero-order valence-corrected chi connectivity index (χ0v) is 11.5. The van der Waals surface area contributed by atoms with Gasteiger partial charge in [-0.15, -0.1) is 0 Å². The molecule has 4 heteroatoms. The Kier molecular flexibility index (Phi) is 5.08. The van der Waals surface area contributed by atoms with Crippen LogP contribution in [0.1, 0.15) is 21.5 Å². The number of carbonyl (C=O) groups is 1. The van der Waals surface area contributed by atoms with Crippen LogP contribution in [0.5, 0.6) is 0 Å². The van der Waals surface area contributed by atoms with E-state index in [2.05, 4.69) is 5.32 Å². The zero-order chi connectivity index (χ0) is 15.1. The number of aliphatic hydroxyl groups excluding tert-OH is 1. The molecule has 0 aliphatic heterocycles. The summed E-state index contributed by atoms with van der Waals surface area (Å²) in [5, 5.41) is 21.0. The predicted molar refractivity (Wildman–Crippen MR) is 79.6 cm³/mol. The number of carbonyl (C=O) groups excluding carboxylic acids is 1. The van der Waals surface area contributed by atoms with Crippen molar-refractivity contribution in [3.05, 3.63) is 71.3 Å². The molecule has 0 saturated heterocycles. The fourth-order valence-corrected chi connectivity index (χ4v) is 2.06. The van der Waals surface area contributed by atoms with E-state index in [-0.39, 0.29) is 18.6 Å². The average molecular weight is 280 g/mol. The van der Waals surface area contributed by atoms with Crippen LogP contribution in [0.4, 0.5) is 0 Å². The first kappa shape index (κ1) is 14.8. The van der Waals surface area contributed by atoms with E-state index < -0.39 is 0 Å². The highest BCUT2D eigenvalue weighted by Gasteiger charge is 2.13. The van der Waals surface area contributed by atoms with Crippen molar-refractivity contribution in [3.8, 4) is 6.07 Å². The van der Waals surface area contributed by atoms with Gasteiger partial charge in [-0.2, -0.15) is 5.26 Å². The molecule has 0 heterocycles. The van der Waals surface area contributed by atoms with E-state index in [0.29, 0.717) is 17.5 Å². The first-order valence-electron chi connectivity index (χ1n) is 6.68. The number of nitrogens with one attached hydrogen (secondary N) is 1. The maximum absolute atomic E-state index is 12.1. The van der Waals surface area contributed by atoms with E-state index in [0.717, 1.165) is 5.56 Å². The monoisotopic (exact) mass is 280 g/mol. The Balaban J connectivity index is 2.04. The van der Waals surface area contributed by atoms with Gasteiger partial charge in [-0.05, 0) is 30.2 Å². The minimum absolute atomic E-state index is 0.140. The van der Waals surface area contributed by atoms with Crippen LogP contribution in [-0.4, -0.2) is 23.7 Å². The van der Waals surface area contributed by atoms with Crippen molar-refractivity contribution < 1.29 is 9.90 Å². The molecule has 0 aliphatic carbocycles. The fraction of sp³-hybridized carbons (Fsp3) is 0.176. The van der Waals surface area contributed by atoms with Crippen LogP contribution < -0.4 is 5.32 Å². The molecule has 2 aromatic rings. The summed E-state index contributed by atoms with van der Waals surface area (Å²) in [6.07, 6.45) is 0.557. The summed E-state index contributed by atoms with van der Waals surface area (Å²) in [5.74, 6) is -0.290. The number of rotatable bonds is 5. The van der Waals surface area contributed by atoms with Crippen LogP contribution in [0, 0.1) is 11.3 Å². The van der Waals surface area contributed by atoms with Crippen molar-refractivity contribution in [2.24, 2.45) is 0 Å². The molecule has 2 rings (SSSR count). The molecule has 0 saturated carbocycles. The third kappa shape index (κ3) is 4.16. The van der Waals surface area contributed by atoms with E-state index in [4.69, 9.17) is 5.26 Å². The number of hydrogen-bond donors (Lipinski definition) is 2. The number of benzene rings is 2. The first-order chi connectivity index (χ1) is 10.2. The largest absolute Gasteiger partial charge is 0.394 e. The zero-order valence-electron chi connectivity index (χ0n) is 11.5. The van der Waals surface area contributed by atoms with Gasteiger partial charge < -0.3 is 10.4 Å². The van der Waals surface area contributed by atoms with Crippen molar-refractivity contribution in [3.63, 3.8) is 0 Å². The molecule has 2 N–H and O–H groups in total. The average Bonchev–Trinajstić information content (AvgIpc) is 2.55. The summed E-state index contributed by atoms with van der Waals surface area (Å²) in [6, 6.07) is 17.8. The molecule has 21 heavy (non-hydrogen) atoms. The molecule has 0 bridgehead atoms. The quantitative estimate of drug-likeness (QED) is 0.878. The van der Waals surface area contributed by atoms with Crippen LogP contribution >= 0.6 is 0 Å². The Bertz CT molecular complexity index is 647. The summed E-state index contributed by atoms with van der Waals surface area (Å²) in [6.45, 7) is -0.140. The van der Waals surface area contributed by atoms with Gasteiger partial charge in [-0.1, -0.05) is 36.4 Å². The molecule has 0 fully saturated rings. The van der Waals surface area contributed by atoms with E-state index in [9.17, 15) is 9.90 Å². The highest BCUT2D eigenvalue weighted by Crippen LogP contribution is 2.07. The topological polar surface area (TPSA) is 73.1 Å². The molecule has 4 nitrogen and oxygen atoms in total. The SMILES string of the molecule is N#Cc1cccc(C(=O)N[C@@H](CO)Cc2ccccc2)c1. The predicted octanol–water partition coefficient (Wildman–Crippen LogP) is 1.89. The standard InChI is InChI=1S/C17H16N2O2/c18-11-14-7-4-8-15(9-14)17(21)19-16(12-20)10-13-5-2-1-3-6-13/h1-9,16,20H,10,12H2,(H,19,21)/t16-/m1/s1. The van der Waals surface area contributed by atoms with Crippen LogP contribution in [0.2, 0.25) is 0 Å². The lowest BCUT2D eigenvalue weighted by molar-refractivity contribution is 0.0916. The lowest BCUT2D eigenvalue weighted by Gasteiger charge is -2.16. The summed E-state index contributed by atoms with van der Waals surface area (Å²) in [4.78, 5) is 12.1. The highest BCUT2D eigenvalue weighted by molar-refractivity contribution is 5.94. The van der Waals surface area contributed by atoms with Crippen molar-refractivity contribution in [1.82, 2.24) is 5.32 Å². The van der Waals surface area contributed by atoms with Gasteiger partial charge in [-0.25, -0.2) is 0 Å². The Hall–Kier alpha value is -2.64. The fourth-order valence-electron chi connectivity index (χ4n) is 2.06. The summed E-state index contributed by atoms with van der Waals surface area (Å²) >= 11 is 0. The lowest BCUT2D eigenvalue weighted by Crippen LogP contribution is -2.39. The van der Waals surface area contributed by atoms with Crippen LogP contribution in [0.3, 0.4) is 0 Å². The Labute approximate surface area is 123 Å². The summed E-state index contributed by atoms with van der Waals surface area (Å²) in [5.41, 5.74) is 1.90. The summed E-state index contributed by atoms with van der Waals surface area (Å²) in [7, 11) is 0. The lowest BCUT2D eigenvalue weighted by atomic mass is 10.1. The van der Waals surface area contributed by atoms with E-state index in [1.807, 2.05) is 36.4 Å². The number of nitrogens with zero attached hydrogens (tertiary/aromatic N) is 1. The normalized spacial score (nSPS) is 11.4. The molecule has 1 atom stereocenters. The van der Waals surface area contributed by atoms with Crippen molar-refractivity contribution in [2.75, 3.05) is 6.61 Å². The molecule has 0 spiro atoms.